The van der Waals surface area contributed by atoms with Gasteiger partial charge in [-0.3, -0.25) is 4.79 Å². The van der Waals surface area contributed by atoms with E-state index < -0.39 is 0 Å². The van der Waals surface area contributed by atoms with Crippen LogP contribution in [0.2, 0.25) is 0 Å². The number of fused-ring (bicyclic) bond motifs is 4. The lowest BCUT2D eigenvalue weighted by molar-refractivity contribution is 0.267. The number of hydrogen-bond acceptors (Lipinski definition) is 5. The Morgan fingerprint density at radius 3 is 2.76 bits per heavy atom. The molecular formula is C16H10O5. The van der Waals surface area contributed by atoms with E-state index in [-0.39, 0.29) is 34.5 Å². The van der Waals surface area contributed by atoms with Gasteiger partial charge in [0.25, 0.3) is 0 Å². The fraction of sp³-hybridized carbons (Fsp3) is 0.0625. The number of hydrogen-bond donors (Lipinski definition) is 2. The second kappa shape index (κ2) is 4.02. The predicted octanol–water partition coefficient (Wildman–Crippen LogP) is 2.76. The van der Waals surface area contributed by atoms with Gasteiger partial charge in [0.05, 0.1) is 5.56 Å². The Bertz CT molecular complexity index is 939. The predicted molar refractivity (Wildman–Crippen MR) is 75.6 cm³/mol. The van der Waals surface area contributed by atoms with Crippen molar-refractivity contribution in [1.29, 1.82) is 0 Å². The van der Waals surface area contributed by atoms with Crippen LogP contribution in [0, 0.1) is 0 Å². The molecule has 1 aromatic heterocycles. The Hall–Kier alpha value is -2.95. The van der Waals surface area contributed by atoms with Gasteiger partial charge in [-0.15, -0.1) is 0 Å². The van der Waals surface area contributed by atoms with E-state index in [1.165, 1.54) is 6.07 Å². The molecule has 2 aromatic carbocycles. The van der Waals surface area contributed by atoms with Gasteiger partial charge in [-0.05, 0) is 6.07 Å². The highest BCUT2D eigenvalue weighted by atomic mass is 16.5. The molecule has 21 heavy (non-hydrogen) atoms. The van der Waals surface area contributed by atoms with Gasteiger partial charge in [-0.2, -0.15) is 0 Å². The number of benzene rings is 2. The van der Waals surface area contributed by atoms with Crippen LogP contribution in [-0.4, -0.2) is 10.2 Å². The van der Waals surface area contributed by atoms with E-state index in [2.05, 4.69) is 0 Å². The van der Waals surface area contributed by atoms with Crippen molar-refractivity contribution in [3.8, 4) is 28.4 Å². The van der Waals surface area contributed by atoms with Gasteiger partial charge in [-0.25, -0.2) is 0 Å². The van der Waals surface area contributed by atoms with Crippen LogP contribution in [0.3, 0.4) is 0 Å². The van der Waals surface area contributed by atoms with Gasteiger partial charge in [-0.1, -0.05) is 18.2 Å². The minimum atomic E-state index is -0.334. The number of phenols is 2. The summed E-state index contributed by atoms with van der Waals surface area (Å²) in [5, 5.41) is 19.5. The van der Waals surface area contributed by atoms with Crippen LogP contribution in [0.1, 0.15) is 5.76 Å². The highest BCUT2D eigenvalue weighted by Gasteiger charge is 2.25. The van der Waals surface area contributed by atoms with E-state index in [0.717, 1.165) is 6.07 Å². The van der Waals surface area contributed by atoms with Crippen LogP contribution in [-0.2, 0) is 6.61 Å². The fourth-order valence-corrected chi connectivity index (χ4v) is 2.65. The van der Waals surface area contributed by atoms with Crippen LogP contribution >= 0.6 is 0 Å². The number of para-hydroxylation sites is 1. The molecule has 5 heteroatoms. The fourth-order valence-electron chi connectivity index (χ4n) is 2.65. The van der Waals surface area contributed by atoms with Gasteiger partial charge in [0, 0.05) is 17.7 Å². The first-order chi connectivity index (χ1) is 10.1. The van der Waals surface area contributed by atoms with Crippen molar-refractivity contribution in [2.75, 3.05) is 0 Å². The zero-order valence-corrected chi connectivity index (χ0v) is 10.8. The largest absolute Gasteiger partial charge is 0.508 e. The molecule has 104 valence electrons. The molecule has 2 N–H and O–H groups in total. The minimum absolute atomic E-state index is 0.0586. The molecule has 2 heterocycles. The summed E-state index contributed by atoms with van der Waals surface area (Å²) in [4.78, 5) is 12.7. The zero-order chi connectivity index (χ0) is 14.6. The second-order valence-corrected chi connectivity index (χ2v) is 4.85. The van der Waals surface area contributed by atoms with E-state index in [1.807, 2.05) is 6.07 Å². The molecule has 0 saturated carbocycles. The molecule has 0 spiro atoms. The first-order valence-corrected chi connectivity index (χ1v) is 6.39. The van der Waals surface area contributed by atoms with Crippen molar-refractivity contribution < 1.29 is 19.4 Å². The van der Waals surface area contributed by atoms with Crippen LogP contribution < -0.4 is 10.2 Å². The van der Waals surface area contributed by atoms with Crippen molar-refractivity contribution in [2.24, 2.45) is 0 Å². The van der Waals surface area contributed by atoms with Gasteiger partial charge in [0.1, 0.15) is 34.8 Å². The summed E-state index contributed by atoms with van der Waals surface area (Å²) >= 11 is 0. The maximum absolute atomic E-state index is 12.7. The van der Waals surface area contributed by atoms with Crippen LogP contribution in [0.5, 0.6) is 17.2 Å². The molecule has 1 aliphatic rings. The Morgan fingerprint density at radius 2 is 1.90 bits per heavy atom. The minimum Gasteiger partial charge on any atom is -0.508 e. The standard InChI is InChI=1S/C16H10O5/c17-8-5-10(18)15-12(6-8)21-13-7-20-11-4-2-1-3-9(11)14(13)16(15)19/h1-6,17-18H,7H2. The average Bonchev–Trinajstić information content (AvgIpc) is 2.45. The van der Waals surface area contributed by atoms with Crippen molar-refractivity contribution in [3.63, 3.8) is 0 Å². The van der Waals surface area contributed by atoms with E-state index >= 15 is 0 Å². The zero-order valence-electron chi connectivity index (χ0n) is 10.8. The highest BCUT2D eigenvalue weighted by molar-refractivity contribution is 5.90. The number of phenolic OH excluding ortho intramolecular Hbond substituents is 2. The first kappa shape index (κ1) is 11.8. The lowest BCUT2D eigenvalue weighted by atomic mass is 9.99. The summed E-state index contributed by atoms with van der Waals surface area (Å²) < 4.78 is 11.2. The summed E-state index contributed by atoms with van der Waals surface area (Å²) in [5.74, 6) is 0.525. The molecule has 0 amide bonds. The lowest BCUT2D eigenvalue weighted by Gasteiger charge is -2.19. The van der Waals surface area contributed by atoms with Crippen molar-refractivity contribution >= 4 is 11.0 Å². The van der Waals surface area contributed by atoms with Gasteiger partial charge < -0.3 is 19.4 Å². The van der Waals surface area contributed by atoms with E-state index in [9.17, 15) is 15.0 Å². The van der Waals surface area contributed by atoms with E-state index in [4.69, 9.17) is 9.15 Å². The van der Waals surface area contributed by atoms with Gasteiger partial charge in [0.15, 0.2) is 5.76 Å². The molecule has 0 bridgehead atoms. The van der Waals surface area contributed by atoms with Crippen molar-refractivity contribution in [3.05, 3.63) is 52.4 Å². The molecule has 0 atom stereocenters. The van der Waals surface area contributed by atoms with Crippen molar-refractivity contribution in [1.82, 2.24) is 0 Å². The Balaban J connectivity index is 2.17. The number of rotatable bonds is 0. The molecular weight excluding hydrogens is 272 g/mol. The summed E-state index contributed by atoms with van der Waals surface area (Å²) in [6.45, 7) is 0.133. The van der Waals surface area contributed by atoms with E-state index in [1.54, 1.807) is 18.2 Å². The first-order valence-electron chi connectivity index (χ1n) is 6.39. The third kappa shape index (κ3) is 1.61. The van der Waals surface area contributed by atoms with Gasteiger partial charge in [0.2, 0.25) is 5.43 Å². The summed E-state index contributed by atoms with van der Waals surface area (Å²) in [6, 6.07) is 9.60. The summed E-state index contributed by atoms with van der Waals surface area (Å²) in [6.07, 6.45) is 0. The van der Waals surface area contributed by atoms with Crippen molar-refractivity contribution in [2.45, 2.75) is 6.61 Å². The molecule has 1 aliphatic heterocycles. The normalized spacial score (nSPS) is 12.6. The third-order valence-electron chi connectivity index (χ3n) is 3.55. The third-order valence-corrected chi connectivity index (χ3v) is 3.55. The van der Waals surface area contributed by atoms with Crippen LogP contribution in [0.15, 0.2) is 45.6 Å². The Labute approximate surface area is 118 Å². The summed E-state index contributed by atoms with van der Waals surface area (Å²) in [7, 11) is 0. The van der Waals surface area contributed by atoms with Crippen LogP contribution in [0.4, 0.5) is 0 Å². The summed E-state index contributed by atoms with van der Waals surface area (Å²) in [5.41, 5.74) is 0.839. The molecule has 0 fully saturated rings. The Kier molecular flexibility index (Phi) is 2.27. The average molecular weight is 282 g/mol. The quantitative estimate of drug-likeness (QED) is 0.662. The second-order valence-electron chi connectivity index (χ2n) is 4.85. The SMILES string of the molecule is O=c1c2c(oc3cc(O)cc(O)c13)COc1ccccc1-2. The maximum Gasteiger partial charge on any atom is 0.204 e. The number of ether oxygens (including phenoxy) is 1. The van der Waals surface area contributed by atoms with Crippen LogP contribution in [0.25, 0.3) is 22.1 Å². The molecule has 3 aromatic rings. The van der Waals surface area contributed by atoms with Gasteiger partial charge >= 0.3 is 0 Å². The molecule has 0 radical (unpaired) electrons. The van der Waals surface area contributed by atoms with E-state index in [0.29, 0.717) is 22.6 Å². The lowest BCUT2D eigenvalue weighted by Crippen LogP contribution is -2.15. The molecule has 4 rings (SSSR count). The highest BCUT2D eigenvalue weighted by Crippen LogP contribution is 2.38. The smallest absolute Gasteiger partial charge is 0.204 e. The Morgan fingerprint density at radius 1 is 1.10 bits per heavy atom. The topological polar surface area (TPSA) is 79.9 Å². The molecule has 0 aliphatic carbocycles. The number of aromatic hydroxyl groups is 2. The maximum atomic E-state index is 12.7. The molecule has 0 unspecified atom stereocenters. The molecule has 0 saturated heterocycles. The molecule has 5 nitrogen and oxygen atoms in total. The monoisotopic (exact) mass is 282 g/mol.